The van der Waals surface area contributed by atoms with Gasteiger partial charge >= 0.3 is 6.18 Å². The average Bonchev–Trinajstić information content (AvgIpc) is 2.66. The van der Waals surface area contributed by atoms with Crippen molar-refractivity contribution in [2.45, 2.75) is 45.8 Å². The van der Waals surface area contributed by atoms with Crippen molar-refractivity contribution in [3.05, 3.63) is 70.3 Å². The third-order valence-electron chi connectivity index (χ3n) is 5.62. The predicted octanol–water partition coefficient (Wildman–Crippen LogP) is 5.34. The fourth-order valence-electron chi connectivity index (χ4n) is 3.71. The Bertz CT molecular complexity index is 1070. The number of allylic oxidation sites excluding steroid dienone is 1. The molecule has 0 radical (unpaired) electrons. The third kappa shape index (κ3) is 4.98. The van der Waals surface area contributed by atoms with Gasteiger partial charge in [0.1, 0.15) is 0 Å². The SMILES string of the molecule is CC1=CC(C)(C)N(C)c2cc(C)c(/C=N\NC(=O)Cc3cccc(C(F)(F)F)c3)cc21. The molecule has 7 heteroatoms. The van der Waals surface area contributed by atoms with Crippen LogP contribution in [-0.4, -0.2) is 24.7 Å². The molecular weight excluding hydrogens is 403 g/mol. The number of amides is 1. The van der Waals surface area contributed by atoms with E-state index in [9.17, 15) is 18.0 Å². The van der Waals surface area contributed by atoms with E-state index in [1.165, 1.54) is 17.7 Å². The summed E-state index contributed by atoms with van der Waals surface area (Å²) in [5.74, 6) is -0.483. The zero-order valence-corrected chi connectivity index (χ0v) is 18.3. The fraction of sp³-hybridized carbons (Fsp3) is 0.333. The first-order valence-corrected chi connectivity index (χ1v) is 9.95. The fourth-order valence-corrected chi connectivity index (χ4v) is 3.71. The molecule has 3 rings (SSSR count). The summed E-state index contributed by atoms with van der Waals surface area (Å²) >= 11 is 0. The van der Waals surface area contributed by atoms with E-state index in [1.807, 2.05) is 13.0 Å². The molecule has 164 valence electrons. The minimum Gasteiger partial charge on any atom is -0.365 e. The Balaban J connectivity index is 1.72. The molecule has 2 aromatic rings. The molecule has 0 unspecified atom stereocenters. The molecule has 0 saturated carbocycles. The number of benzene rings is 2. The molecule has 0 aromatic heterocycles. The smallest absolute Gasteiger partial charge is 0.365 e. The number of hydrazone groups is 1. The molecule has 0 bridgehead atoms. The molecule has 1 aliphatic heterocycles. The first kappa shape index (κ1) is 22.6. The number of fused-ring (bicyclic) bond motifs is 1. The summed E-state index contributed by atoms with van der Waals surface area (Å²) in [6, 6.07) is 8.86. The van der Waals surface area contributed by atoms with Gasteiger partial charge < -0.3 is 4.90 Å². The molecule has 31 heavy (non-hydrogen) atoms. The van der Waals surface area contributed by atoms with Gasteiger partial charge in [-0.15, -0.1) is 0 Å². The van der Waals surface area contributed by atoms with Gasteiger partial charge in [-0.1, -0.05) is 24.3 Å². The second kappa shape index (κ2) is 8.21. The van der Waals surface area contributed by atoms with Gasteiger partial charge in [0, 0.05) is 18.3 Å². The van der Waals surface area contributed by atoms with Gasteiger partial charge in [-0.05, 0) is 68.2 Å². The predicted molar refractivity (Wildman–Crippen MR) is 118 cm³/mol. The van der Waals surface area contributed by atoms with Crippen LogP contribution in [-0.2, 0) is 17.4 Å². The summed E-state index contributed by atoms with van der Waals surface area (Å²) in [6.07, 6.45) is -0.855. The summed E-state index contributed by atoms with van der Waals surface area (Å²) in [5.41, 5.74) is 7.09. The maximum atomic E-state index is 12.8. The maximum Gasteiger partial charge on any atom is 0.416 e. The van der Waals surface area contributed by atoms with Crippen LogP contribution in [0.2, 0.25) is 0 Å². The van der Waals surface area contributed by atoms with E-state index in [-0.39, 0.29) is 17.5 Å². The summed E-state index contributed by atoms with van der Waals surface area (Å²) in [5, 5.41) is 4.01. The zero-order valence-electron chi connectivity index (χ0n) is 18.3. The van der Waals surface area contributed by atoms with Crippen LogP contribution in [0.5, 0.6) is 0 Å². The van der Waals surface area contributed by atoms with Crippen molar-refractivity contribution in [1.29, 1.82) is 0 Å². The van der Waals surface area contributed by atoms with Crippen molar-refractivity contribution in [3.63, 3.8) is 0 Å². The Kier molecular flexibility index (Phi) is 5.98. The minimum absolute atomic E-state index is 0.0868. The second-order valence-corrected chi connectivity index (χ2v) is 8.43. The van der Waals surface area contributed by atoms with E-state index >= 15 is 0 Å². The zero-order chi connectivity index (χ0) is 23.0. The molecule has 0 atom stereocenters. The lowest BCUT2D eigenvalue weighted by Crippen LogP contribution is -2.42. The number of alkyl halides is 3. The summed E-state index contributed by atoms with van der Waals surface area (Å²) in [6.45, 7) is 8.36. The Morgan fingerprint density at radius 2 is 1.90 bits per heavy atom. The molecule has 1 heterocycles. The lowest BCUT2D eigenvalue weighted by atomic mass is 9.87. The van der Waals surface area contributed by atoms with Crippen molar-refractivity contribution in [3.8, 4) is 0 Å². The number of hydrogen-bond acceptors (Lipinski definition) is 3. The normalized spacial score (nSPS) is 15.6. The number of anilines is 1. The molecule has 0 saturated heterocycles. The van der Waals surface area contributed by atoms with E-state index in [0.29, 0.717) is 0 Å². The van der Waals surface area contributed by atoms with Crippen LogP contribution in [0.4, 0.5) is 18.9 Å². The van der Waals surface area contributed by atoms with Crippen LogP contribution in [0.1, 0.15) is 48.6 Å². The van der Waals surface area contributed by atoms with Gasteiger partial charge in [0.25, 0.3) is 0 Å². The quantitative estimate of drug-likeness (QED) is 0.527. The van der Waals surface area contributed by atoms with Crippen LogP contribution in [0, 0.1) is 6.92 Å². The van der Waals surface area contributed by atoms with E-state index in [4.69, 9.17) is 0 Å². The first-order valence-electron chi connectivity index (χ1n) is 9.95. The van der Waals surface area contributed by atoms with Crippen molar-refractivity contribution in [2.75, 3.05) is 11.9 Å². The van der Waals surface area contributed by atoms with E-state index < -0.39 is 17.6 Å². The van der Waals surface area contributed by atoms with Gasteiger partial charge in [0.05, 0.1) is 23.7 Å². The summed E-state index contributed by atoms with van der Waals surface area (Å²) in [4.78, 5) is 14.3. The highest BCUT2D eigenvalue weighted by Gasteiger charge is 2.30. The van der Waals surface area contributed by atoms with Crippen molar-refractivity contribution >= 4 is 23.4 Å². The molecule has 1 N–H and O–H groups in total. The van der Waals surface area contributed by atoms with Gasteiger partial charge in [-0.2, -0.15) is 18.3 Å². The highest BCUT2D eigenvalue weighted by atomic mass is 19.4. The maximum absolute atomic E-state index is 12.8. The molecule has 1 amide bonds. The van der Waals surface area contributed by atoms with Crippen molar-refractivity contribution in [1.82, 2.24) is 5.43 Å². The Morgan fingerprint density at radius 1 is 1.19 bits per heavy atom. The highest BCUT2D eigenvalue weighted by Crippen LogP contribution is 2.39. The molecule has 1 aliphatic rings. The van der Waals surface area contributed by atoms with Crippen LogP contribution in [0.15, 0.2) is 47.6 Å². The number of halogens is 3. The largest absolute Gasteiger partial charge is 0.416 e. The molecule has 0 fully saturated rings. The molecule has 4 nitrogen and oxygen atoms in total. The number of nitrogens with one attached hydrogen (secondary N) is 1. The van der Waals surface area contributed by atoms with Gasteiger partial charge in [0.2, 0.25) is 5.91 Å². The number of carbonyl (C=O) groups is 1. The van der Waals surface area contributed by atoms with Crippen molar-refractivity contribution < 1.29 is 18.0 Å². The Morgan fingerprint density at radius 3 is 2.58 bits per heavy atom. The number of likely N-dealkylation sites (N-methyl/N-ethyl adjacent to an activating group) is 1. The van der Waals surface area contributed by atoms with Crippen LogP contribution in [0.25, 0.3) is 5.57 Å². The molecule has 0 spiro atoms. The monoisotopic (exact) mass is 429 g/mol. The number of rotatable bonds is 4. The summed E-state index contributed by atoms with van der Waals surface area (Å²) < 4.78 is 38.5. The number of aryl methyl sites for hydroxylation is 1. The molecular formula is C24H26F3N3O. The van der Waals surface area contributed by atoms with E-state index in [2.05, 4.69) is 55.4 Å². The Labute approximate surface area is 180 Å². The standard InChI is InChI=1S/C24H26F3N3O/c1-15-9-21-20(16(2)13-23(3,4)30(21)5)12-18(15)14-28-29-22(31)11-17-7-6-8-19(10-17)24(25,26)27/h6-10,12-14H,11H2,1-5H3,(H,29,31)/b28-14-. The highest BCUT2D eigenvalue weighted by molar-refractivity contribution is 5.90. The second-order valence-electron chi connectivity index (χ2n) is 8.43. The van der Waals surface area contributed by atoms with Gasteiger partial charge in [-0.3, -0.25) is 4.79 Å². The Hall–Kier alpha value is -3.09. The number of carbonyl (C=O) groups excluding carboxylic acids is 1. The minimum atomic E-state index is -4.44. The first-order chi connectivity index (χ1) is 14.4. The number of nitrogens with zero attached hydrogens (tertiary/aromatic N) is 2. The molecule has 0 aliphatic carbocycles. The lowest BCUT2D eigenvalue weighted by Gasteiger charge is -2.41. The lowest BCUT2D eigenvalue weighted by molar-refractivity contribution is -0.137. The summed E-state index contributed by atoms with van der Waals surface area (Å²) in [7, 11) is 2.06. The average molecular weight is 429 g/mol. The van der Waals surface area contributed by atoms with Gasteiger partial charge in [-0.25, -0.2) is 5.43 Å². The van der Waals surface area contributed by atoms with Crippen LogP contribution >= 0.6 is 0 Å². The third-order valence-corrected chi connectivity index (χ3v) is 5.62. The molecule has 2 aromatic carbocycles. The van der Waals surface area contributed by atoms with Gasteiger partial charge in [0.15, 0.2) is 0 Å². The number of hydrogen-bond donors (Lipinski definition) is 1. The van der Waals surface area contributed by atoms with E-state index in [1.54, 1.807) is 6.21 Å². The topological polar surface area (TPSA) is 44.7 Å². The van der Waals surface area contributed by atoms with Crippen molar-refractivity contribution in [2.24, 2.45) is 5.10 Å². The van der Waals surface area contributed by atoms with E-state index in [0.717, 1.165) is 34.5 Å². The van der Waals surface area contributed by atoms with Crippen LogP contribution in [0.3, 0.4) is 0 Å². The van der Waals surface area contributed by atoms with Crippen LogP contribution < -0.4 is 10.3 Å².